The maximum absolute atomic E-state index is 12.6. The Kier molecular flexibility index (Phi) is 37.8. The molecular weight excluding hydrogens is 713 g/mol. The van der Waals surface area contributed by atoms with Crippen LogP contribution >= 0.6 is 7.82 Å². The lowest BCUT2D eigenvalue weighted by Gasteiger charge is -2.28. The van der Waals surface area contributed by atoms with E-state index in [1.165, 1.54) is 161 Å². The van der Waals surface area contributed by atoms with Crippen molar-refractivity contribution in [2.75, 3.05) is 47.5 Å². The predicted molar refractivity (Wildman–Crippen MR) is 227 cm³/mol. The van der Waals surface area contributed by atoms with Gasteiger partial charge in [-0.1, -0.05) is 200 Å². The highest BCUT2D eigenvalue weighted by molar-refractivity contribution is 7.45. The lowest BCUT2D eigenvalue weighted by molar-refractivity contribution is -0.870. The van der Waals surface area contributed by atoms with Gasteiger partial charge in [0.05, 0.1) is 27.7 Å². The molecule has 0 aliphatic carbocycles. The zero-order valence-corrected chi connectivity index (χ0v) is 37.8. The molecule has 0 saturated heterocycles. The van der Waals surface area contributed by atoms with Gasteiger partial charge >= 0.3 is 11.9 Å². The number of ether oxygens (including phenoxy) is 2. The van der Waals surface area contributed by atoms with Crippen molar-refractivity contribution >= 4 is 19.8 Å². The molecular formula is C45H90NO8P. The van der Waals surface area contributed by atoms with E-state index in [-0.39, 0.29) is 32.0 Å². The van der Waals surface area contributed by atoms with E-state index in [0.29, 0.717) is 17.4 Å². The van der Waals surface area contributed by atoms with Crippen LogP contribution in [0.1, 0.15) is 226 Å². The summed E-state index contributed by atoms with van der Waals surface area (Å²) in [5.41, 5.74) is 0. The van der Waals surface area contributed by atoms with Crippen LogP contribution in [0.15, 0.2) is 0 Å². The Balaban J connectivity index is 4.22. The molecule has 0 rings (SSSR count). The second-order valence-electron chi connectivity index (χ2n) is 17.1. The first-order chi connectivity index (χ1) is 26.5. The van der Waals surface area contributed by atoms with Crippen LogP contribution in [0.3, 0.4) is 0 Å². The summed E-state index contributed by atoms with van der Waals surface area (Å²) in [5.74, 6) is -0.819. The third-order valence-corrected chi connectivity index (χ3v) is 11.3. The molecule has 0 spiro atoms. The van der Waals surface area contributed by atoms with Crippen molar-refractivity contribution in [1.29, 1.82) is 0 Å². The minimum Gasteiger partial charge on any atom is -0.756 e. The largest absolute Gasteiger partial charge is 0.756 e. The van der Waals surface area contributed by atoms with Crippen molar-refractivity contribution in [2.24, 2.45) is 0 Å². The molecule has 0 bridgehead atoms. The van der Waals surface area contributed by atoms with Crippen molar-refractivity contribution in [3.63, 3.8) is 0 Å². The molecule has 0 fully saturated rings. The zero-order chi connectivity index (χ0) is 40.7. The molecule has 0 aromatic rings. The fourth-order valence-electron chi connectivity index (χ4n) is 6.72. The van der Waals surface area contributed by atoms with Crippen LogP contribution in [0.2, 0.25) is 0 Å². The Labute approximate surface area is 340 Å². The number of likely N-dealkylation sites (N-methyl/N-ethyl adjacent to an activating group) is 1. The molecule has 0 N–H and O–H groups in total. The third kappa shape index (κ3) is 42.4. The van der Waals surface area contributed by atoms with E-state index in [4.69, 9.17) is 18.5 Å². The number of hydrogen-bond donors (Lipinski definition) is 0. The molecule has 1 unspecified atom stereocenters. The Hall–Kier alpha value is -0.990. The van der Waals surface area contributed by atoms with Crippen LogP contribution in [0.25, 0.3) is 0 Å². The Morgan fingerprint density at radius 3 is 1.16 bits per heavy atom. The Bertz CT molecular complexity index is 912. The molecule has 0 heterocycles. The maximum atomic E-state index is 12.6. The van der Waals surface area contributed by atoms with Crippen molar-refractivity contribution in [3.8, 4) is 0 Å². The highest BCUT2D eigenvalue weighted by Crippen LogP contribution is 2.38. The van der Waals surface area contributed by atoms with Crippen LogP contribution in [-0.4, -0.2) is 70.0 Å². The number of carbonyl (C=O) groups excluding carboxylic acids is 2. The van der Waals surface area contributed by atoms with Crippen LogP contribution in [0.5, 0.6) is 0 Å². The van der Waals surface area contributed by atoms with Crippen molar-refractivity contribution in [2.45, 2.75) is 232 Å². The lowest BCUT2D eigenvalue weighted by atomic mass is 10.0. The summed E-state index contributed by atoms with van der Waals surface area (Å²) in [5, 5.41) is 0. The van der Waals surface area contributed by atoms with Gasteiger partial charge in [0, 0.05) is 12.8 Å². The van der Waals surface area contributed by atoms with Gasteiger partial charge < -0.3 is 27.9 Å². The van der Waals surface area contributed by atoms with Crippen LogP contribution in [-0.2, 0) is 32.7 Å². The average molecular weight is 804 g/mol. The first kappa shape index (κ1) is 54.0. The Morgan fingerprint density at radius 1 is 0.491 bits per heavy atom. The number of phosphoric ester groups is 1. The summed E-state index contributed by atoms with van der Waals surface area (Å²) in [4.78, 5) is 37.5. The van der Waals surface area contributed by atoms with Gasteiger partial charge in [0.1, 0.15) is 19.8 Å². The molecule has 10 heteroatoms. The molecule has 55 heavy (non-hydrogen) atoms. The fourth-order valence-corrected chi connectivity index (χ4v) is 7.44. The highest BCUT2D eigenvalue weighted by atomic mass is 31.2. The van der Waals surface area contributed by atoms with Crippen LogP contribution < -0.4 is 4.89 Å². The lowest BCUT2D eigenvalue weighted by Crippen LogP contribution is -2.37. The van der Waals surface area contributed by atoms with E-state index < -0.39 is 26.5 Å². The summed E-state index contributed by atoms with van der Waals surface area (Å²) in [6, 6.07) is 0. The topological polar surface area (TPSA) is 111 Å². The molecule has 2 atom stereocenters. The molecule has 0 aromatic heterocycles. The van der Waals surface area contributed by atoms with Crippen LogP contribution in [0.4, 0.5) is 0 Å². The van der Waals surface area contributed by atoms with Gasteiger partial charge in [-0.15, -0.1) is 0 Å². The number of rotatable bonds is 43. The number of phosphoric acid groups is 1. The molecule has 0 saturated carbocycles. The van der Waals surface area contributed by atoms with Gasteiger partial charge in [-0.2, -0.15) is 0 Å². The van der Waals surface area contributed by atoms with E-state index in [2.05, 4.69) is 13.8 Å². The number of quaternary nitrogens is 1. The summed E-state index contributed by atoms with van der Waals surface area (Å²) >= 11 is 0. The highest BCUT2D eigenvalue weighted by Gasteiger charge is 2.21. The quantitative estimate of drug-likeness (QED) is 0.0259. The van der Waals surface area contributed by atoms with Gasteiger partial charge in [-0.3, -0.25) is 14.2 Å². The van der Waals surface area contributed by atoms with Gasteiger partial charge in [0.25, 0.3) is 7.82 Å². The SMILES string of the molecule is CCCCCCCCCCCCCCCCCCCCCC(=O)OC[C@H](COP(=O)([O-])OCC[N+](C)(C)C)OC(=O)CCCCCCCCCCCCCC. The van der Waals surface area contributed by atoms with Crippen molar-refractivity contribution in [3.05, 3.63) is 0 Å². The second kappa shape index (κ2) is 38.5. The first-order valence-corrected chi connectivity index (χ1v) is 24.7. The third-order valence-electron chi connectivity index (χ3n) is 10.4. The van der Waals surface area contributed by atoms with E-state index >= 15 is 0 Å². The molecule has 0 radical (unpaired) electrons. The fraction of sp³-hybridized carbons (Fsp3) is 0.956. The van der Waals surface area contributed by atoms with Gasteiger partial charge in [0.2, 0.25) is 0 Å². The van der Waals surface area contributed by atoms with Gasteiger partial charge in [-0.05, 0) is 12.8 Å². The summed E-state index contributed by atoms with van der Waals surface area (Å²) in [6.45, 7) is 4.26. The number of nitrogens with zero attached hydrogens (tertiary/aromatic N) is 1. The molecule has 0 amide bonds. The number of esters is 2. The minimum atomic E-state index is -4.61. The predicted octanol–water partition coefficient (Wildman–Crippen LogP) is 12.6. The molecule has 0 aromatic carbocycles. The monoisotopic (exact) mass is 804 g/mol. The Morgan fingerprint density at radius 2 is 0.818 bits per heavy atom. The maximum Gasteiger partial charge on any atom is 0.306 e. The van der Waals surface area contributed by atoms with Gasteiger partial charge in [-0.25, -0.2) is 0 Å². The first-order valence-electron chi connectivity index (χ1n) is 23.2. The molecule has 0 aliphatic heterocycles. The smallest absolute Gasteiger partial charge is 0.306 e. The average Bonchev–Trinajstić information content (AvgIpc) is 3.13. The molecule has 0 aliphatic rings. The zero-order valence-electron chi connectivity index (χ0n) is 36.9. The van der Waals surface area contributed by atoms with Crippen molar-refractivity contribution in [1.82, 2.24) is 0 Å². The normalized spacial score (nSPS) is 13.5. The van der Waals surface area contributed by atoms with E-state index in [9.17, 15) is 19.0 Å². The van der Waals surface area contributed by atoms with Gasteiger partial charge in [0.15, 0.2) is 6.10 Å². The summed E-state index contributed by atoms with van der Waals surface area (Å²) in [6.07, 6.45) is 38.4. The van der Waals surface area contributed by atoms with E-state index in [1.807, 2.05) is 21.1 Å². The minimum absolute atomic E-state index is 0.0257. The standard InChI is InChI=1S/C45H90NO8P/c1-6-8-10-12-14-16-18-20-21-22-23-24-25-26-28-29-31-33-35-37-44(47)51-41-43(42-53-55(49,50)52-40-39-46(3,4)5)54-45(48)38-36-34-32-30-27-19-17-15-13-11-9-7-2/h43H,6-42H2,1-5H3/t43-/m1/s1. The molecule has 9 nitrogen and oxygen atoms in total. The van der Waals surface area contributed by atoms with Crippen LogP contribution in [0, 0.1) is 0 Å². The summed E-state index contributed by atoms with van der Waals surface area (Å²) < 4.78 is 33.9. The van der Waals surface area contributed by atoms with Crippen molar-refractivity contribution < 1.29 is 42.1 Å². The number of unbranched alkanes of at least 4 members (excludes halogenated alkanes) is 29. The van der Waals surface area contributed by atoms with E-state index in [1.54, 1.807) is 0 Å². The number of hydrogen-bond acceptors (Lipinski definition) is 8. The molecule has 328 valence electrons. The number of carbonyl (C=O) groups is 2. The van der Waals surface area contributed by atoms with E-state index in [0.717, 1.165) is 32.1 Å². The summed E-state index contributed by atoms with van der Waals surface area (Å²) in [7, 11) is 1.18. The second-order valence-corrected chi connectivity index (χ2v) is 18.5.